The highest BCUT2D eigenvalue weighted by molar-refractivity contribution is 5.79. The van der Waals surface area contributed by atoms with Crippen LogP contribution >= 0.6 is 0 Å². The Labute approximate surface area is 83.5 Å². The molecule has 0 radical (unpaired) electrons. The van der Waals surface area contributed by atoms with Gasteiger partial charge in [-0.1, -0.05) is 20.8 Å². The molecule has 0 aliphatic heterocycles. The number of amides is 1. The zero-order valence-electron chi connectivity index (χ0n) is 8.78. The molecule has 14 heavy (non-hydrogen) atoms. The predicted molar refractivity (Wildman–Crippen MR) is 51.4 cm³/mol. The average molecular weight is 199 g/mol. The molecule has 0 bridgehead atoms. The van der Waals surface area contributed by atoms with Crippen molar-refractivity contribution in [1.82, 2.24) is 0 Å². The van der Waals surface area contributed by atoms with Gasteiger partial charge in [-0.15, -0.1) is 0 Å². The van der Waals surface area contributed by atoms with Crippen molar-refractivity contribution in [1.29, 1.82) is 0 Å². The van der Waals surface area contributed by atoms with Crippen LogP contribution in [0.25, 0.3) is 0 Å². The van der Waals surface area contributed by atoms with Crippen LogP contribution in [0.3, 0.4) is 0 Å². The first-order valence-electron chi connectivity index (χ1n) is 4.80. The zero-order valence-corrected chi connectivity index (χ0v) is 8.78. The molecule has 0 aromatic rings. The van der Waals surface area contributed by atoms with Crippen LogP contribution in [0.15, 0.2) is 0 Å². The molecule has 0 aromatic carbocycles. The highest BCUT2D eigenvalue weighted by Crippen LogP contribution is 2.54. The molecule has 0 saturated heterocycles. The minimum absolute atomic E-state index is 0.0532. The lowest BCUT2D eigenvalue weighted by atomic mass is 9.51. The maximum atomic E-state index is 11.0. The summed E-state index contributed by atoms with van der Waals surface area (Å²) in [7, 11) is 0. The van der Waals surface area contributed by atoms with Crippen LogP contribution in [0.2, 0.25) is 0 Å². The molecule has 0 spiro atoms. The first kappa shape index (κ1) is 11.0. The van der Waals surface area contributed by atoms with E-state index >= 15 is 0 Å². The molecule has 1 rings (SSSR count). The van der Waals surface area contributed by atoms with E-state index in [0.29, 0.717) is 6.42 Å². The second-order valence-electron chi connectivity index (χ2n) is 4.75. The Bertz CT molecular complexity index is 273. The molecule has 3 N–H and O–H groups in total. The third kappa shape index (κ3) is 1.49. The van der Waals surface area contributed by atoms with Gasteiger partial charge in [0.2, 0.25) is 5.91 Å². The number of hydrogen-bond donors (Lipinski definition) is 2. The van der Waals surface area contributed by atoms with Gasteiger partial charge in [-0.3, -0.25) is 9.59 Å². The van der Waals surface area contributed by atoms with Crippen molar-refractivity contribution in [2.24, 2.45) is 28.9 Å². The van der Waals surface area contributed by atoms with Crippen LogP contribution in [0, 0.1) is 23.2 Å². The van der Waals surface area contributed by atoms with Gasteiger partial charge in [-0.2, -0.15) is 0 Å². The van der Waals surface area contributed by atoms with Crippen molar-refractivity contribution in [2.75, 3.05) is 0 Å². The summed E-state index contributed by atoms with van der Waals surface area (Å²) in [5, 5.41) is 8.86. The van der Waals surface area contributed by atoms with Crippen molar-refractivity contribution < 1.29 is 14.7 Å². The van der Waals surface area contributed by atoms with Gasteiger partial charge in [0.25, 0.3) is 0 Å². The number of primary amides is 1. The molecule has 80 valence electrons. The fourth-order valence-corrected chi connectivity index (χ4v) is 2.46. The second-order valence-corrected chi connectivity index (χ2v) is 4.75. The minimum Gasteiger partial charge on any atom is -0.481 e. The fourth-order valence-electron chi connectivity index (χ4n) is 2.46. The third-order valence-electron chi connectivity index (χ3n) is 3.68. The molecule has 3 unspecified atom stereocenters. The Morgan fingerprint density at radius 1 is 1.50 bits per heavy atom. The highest BCUT2D eigenvalue weighted by atomic mass is 16.4. The van der Waals surface area contributed by atoms with E-state index in [1.54, 1.807) is 6.92 Å². The number of carboxylic acid groups (broad SMARTS) is 1. The van der Waals surface area contributed by atoms with Crippen molar-refractivity contribution in [3.8, 4) is 0 Å². The molecule has 1 fully saturated rings. The molecule has 1 aliphatic rings. The van der Waals surface area contributed by atoms with Crippen LogP contribution in [0.1, 0.15) is 27.2 Å². The SMILES string of the molecule is CC(C(=O)O)C1CC(C(N)=O)C1(C)C. The van der Waals surface area contributed by atoms with Gasteiger partial charge >= 0.3 is 5.97 Å². The predicted octanol–water partition coefficient (Wildman–Crippen LogP) is 0.855. The van der Waals surface area contributed by atoms with Gasteiger partial charge in [0, 0.05) is 5.92 Å². The summed E-state index contributed by atoms with van der Waals surface area (Å²) in [6, 6.07) is 0. The van der Waals surface area contributed by atoms with Crippen LogP contribution in [-0.2, 0) is 9.59 Å². The summed E-state index contributed by atoms with van der Waals surface area (Å²) >= 11 is 0. The van der Waals surface area contributed by atoms with Crippen molar-refractivity contribution in [2.45, 2.75) is 27.2 Å². The Morgan fingerprint density at radius 2 is 2.00 bits per heavy atom. The molecule has 0 aromatic heterocycles. The van der Waals surface area contributed by atoms with E-state index in [-0.39, 0.29) is 23.2 Å². The number of rotatable bonds is 3. The monoisotopic (exact) mass is 199 g/mol. The lowest BCUT2D eigenvalue weighted by Gasteiger charge is -2.52. The van der Waals surface area contributed by atoms with Gasteiger partial charge in [0.15, 0.2) is 0 Å². The minimum atomic E-state index is -0.800. The number of carbonyl (C=O) groups is 2. The van der Waals surface area contributed by atoms with Crippen molar-refractivity contribution in [3.63, 3.8) is 0 Å². The lowest BCUT2D eigenvalue weighted by Crippen LogP contribution is -2.54. The van der Waals surface area contributed by atoms with Gasteiger partial charge in [0.1, 0.15) is 0 Å². The van der Waals surface area contributed by atoms with E-state index in [0.717, 1.165) is 0 Å². The molecule has 4 heteroatoms. The zero-order chi connectivity index (χ0) is 11.1. The van der Waals surface area contributed by atoms with Gasteiger partial charge in [0.05, 0.1) is 5.92 Å². The molecule has 4 nitrogen and oxygen atoms in total. The van der Waals surface area contributed by atoms with Crippen molar-refractivity contribution >= 4 is 11.9 Å². The van der Waals surface area contributed by atoms with Crippen LogP contribution in [-0.4, -0.2) is 17.0 Å². The summed E-state index contributed by atoms with van der Waals surface area (Å²) in [6.07, 6.45) is 0.607. The second kappa shape index (κ2) is 3.26. The summed E-state index contributed by atoms with van der Waals surface area (Å²) < 4.78 is 0. The largest absolute Gasteiger partial charge is 0.481 e. The van der Waals surface area contributed by atoms with Crippen LogP contribution in [0.5, 0.6) is 0 Å². The Balaban J connectivity index is 2.72. The van der Waals surface area contributed by atoms with E-state index in [1.165, 1.54) is 0 Å². The molecular formula is C10H17NO3. The normalized spacial score (nSPS) is 31.6. The van der Waals surface area contributed by atoms with Crippen molar-refractivity contribution in [3.05, 3.63) is 0 Å². The standard InChI is InChI=1S/C10H17NO3/c1-5(9(13)14)6-4-7(8(11)12)10(6,2)3/h5-7H,4H2,1-3H3,(H2,11,12)(H,13,14). The van der Waals surface area contributed by atoms with E-state index in [1.807, 2.05) is 13.8 Å². The Morgan fingerprint density at radius 3 is 2.29 bits per heavy atom. The van der Waals surface area contributed by atoms with E-state index in [9.17, 15) is 9.59 Å². The van der Waals surface area contributed by atoms with E-state index in [2.05, 4.69) is 0 Å². The number of carbonyl (C=O) groups excluding carboxylic acids is 1. The first-order valence-corrected chi connectivity index (χ1v) is 4.80. The van der Waals surface area contributed by atoms with Crippen LogP contribution < -0.4 is 5.73 Å². The molecule has 1 aliphatic carbocycles. The van der Waals surface area contributed by atoms with E-state index in [4.69, 9.17) is 10.8 Å². The third-order valence-corrected chi connectivity index (χ3v) is 3.68. The molecule has 1 amide bonds. The number of hydrogen-bond acceptors (Lipinski definition) is 2. The number of carboxylic acids is 1. The Hall–Kier alpha value is -1.06. The molecule has 3 atom stereocenters. The Kier molecular flexibility index (Phi) is 2.56. The molecular weight excluding hydrogens is 182 g/mol. The summed E-state index contributed by atoms with van der Waals surface area (Å²) in [6.45, 7) is 5.51. The maximum Gasteiger partial charge on any atom is 0.306 e. The molecule has 0 heterocycles. The maximum absolute atomic E-state index is 11.0. The van der Waals surface area contributed by atoms with Gasteiger partial charge < -0.3 is 10.8 Å². The van der Waals surface area contributed by atoms with Gasteiger partial charge in [-0.05, 0) is 17.8 Å². The summed E-state index contributed by atoms with van der Waals surface area (Å²) in [5.74, 6) is -1.64. The lowest BCUT2D eigenvalue weighted by molar-refractivity contribution is -0.157. The van der Waals surface area contributed by atoms with Crippen LogP contribution in [0.4, 0.5) is 0 Å². The number of aliphatic carboxylic acids is 1. The smallest absolute Gasteiger partial charge is 0.306 e. The fraction of sp³-hybridized carbons (Fsp3) is 0.800. The quantitative estimate of drug-likeness (QED) is 0.707. The topological polar surface area (TPSA) is 80.4 Å². The highest BCUT2D eigenvalue weighted by Gasteiger charge is 2.54. The average Bonchev–Trinajstić information content (AvgIpc) is 2.01. The van der Waals surface area contributed by atoms with Gasteiger partial charge in [-0.25, -0.2) is 0 Å². The number of nitrogens with two attached hydrogens (primary N) is 1. The summed E-state index contributed by atoms with van der Waals surface area (Å²) in [4.78, 5) is 21.8. The van der Waals surface area contributed by atoms with E-state index < -0.39 is 11.9 Å². The molecule has 1 saturated carbocycles. The summed E-state index contributed by atoms with van der Waals surface area (Å²) in [5.41, 5.74) is 4.95. The first-order chi connectivity index (χ1) is 6.28.